The zero-order valence-corrected chi connectivity index (χ0v) is 14.2. The number of aryl methyl sites for hydroxylation is 2. The average Bonchev–Trinajstić information content (AvgIpc) is 2.54. The third kappa shape index (κ3) is 5.24. The van der Waals surface area contributed by atoms with E-state index >= 15 is 0 Å². The van der Waals surface area contributed by atoms with Gasteiger partial charge < -0.3 is 10.4 Å². The van der Waals surface area contributed by atoms with Crippen molar-refractivity contribution in [2.75, 3.05) is 6.54 Å². The number of hydrogen-bond acceptors (Lipinski definition) is 3. The van der Waals surface area contributed by atoms with Crippen molar-refractivity contribution in [3.8, 4) is 0 Å². The molecule has 1 heterocycles. The Morgan fingerprint density at radius 1 is 1.42 bits per heavy atom. The third-order valence-corrected chi connectivity index (χ3v) is 4.00. The van der Waals surface area contributed by atoms with Crippen molar-refractivity contribution in [2.24, 2.45) is 5.41 Å². The molecule has 0 bridgehead atoms. The van der Waals surface area contributed by atoms with E-state index in [2.05, 4.69) is 54.0 Å². The Morgan fingerprint density at radius 2 is 2.05 bits per heavy atom. The van der Waals surface area contributed by atoms with E-state index in [9.17, 15) is 5.11 Å². The molecule has 0 saturated heterocycles. The smallest absolute Gasteiger partial charge is 0.0739 e. The maximum absolute atomic E-state index is 9.97. The predicted molar refractivity (Wildman–Crippen MR) is 82.1 cm³/mol. The van der Waals surface area contributed by atoms with Gasteiger partial charge in [0.15, 0.2) is 0 Å². The minimum Gasteiger partial charge on any atom is -0.392 e. The molecule has 0 aromatic carbocycles. The highest BCUT2D eigenvalue weighted by molar-refractivity contribution is 9.10. The molecule has 110 valence electrons. The average molecular weight is 332 g/mol. The number of hydrogen-bond donors (Lipinski definition) is 2. The van der Waals surface area contributed by atoms with Crippen LogP contribution in [0.4, 0.5) is 0 Å². The summed E-state index contributed by atoms with van der Waals surface area (Å²) in [6.07, 6.45) is 0.491. The van der Waals surface area contributed by atoms with Gasteiger partial charge >= 0.3 is 0 Å². The van der Waals surface area contributed by atoms with Gasteiger partial charge in [0.25, 0.3) is 0 Å². The Labute approximate surface area is 124 Å². The quantitative estimate of drug-likeness (QED) is 0.842. The fraction of sp³-hybridized carbons (Fsp3) is 0.786. The van der Waals surface area contributed by atoms with Crippen LogP contribution in [0.2, 0.25) is 0 Å². The molecule has 5 heteroatoms. The normalized spacial score (nSPS) is 13.8. The SMILES string of the molecule is CCn1nc(C)c(Br)c1CNCC(O)CC(C)(C)C. The summed E-state index contributed by atoms with van der Waals surface area (Å²) in [5, 5.41) is 17.7. The van der Waals surface area contributed by atoms with Crippen molar-refractivity contribution in [1.82, 2.24) is 15.1 Å². The molecule has 4 nitrogen and oxygen atoms in total. The second-order valence-electron chi connectivity index (χ2n) is 6.21. The summed E-state index contributed by atoms with van der Waals surface area (Å²) in [7, 11) is 0. The number of halogens is 1. The van der Waals surface area contributed by atoms with Crippen LogP contribution in [-0.4, -0.2) is 27.5 Å². The van der Waals surface area contributed by atoms with Crippen molar-refractivity contribution in [3.63, 3.8) is 0 Å². The first kappa shape index (κ1) is 16.7. The highest BCUT2D eigenvalue weighted by atomic mass is 79.9. The lowest BCUT2D eigenvalue weighted by molar-refractivity contribution is 0.119. The van der Waals surface area contributed by atoms with E-state index in [1.165, 1.54) is 0 Å². The van der Waals surface area contributed by atoms with Crippen LogP contribution in [-0.2, 0) is 13.1 Å². The molecule has 19 heavy (non-hydrogen) atoms. The van der Waals surface area contributed by atoms with Crippen LogP contribution in [0.25, 0.3) is 0 Å². The van der Waals surface area contributed by atoms with Gasteiger partial charge in [-0.05, 0) is 41.6 Å². The lowest BCUT2D eigenvalue weighted by Crippen LogP contribution is -2.30. The van der Waals surface area contributed by atoms with Crippen molar-refractivity contribution in [3.05, 3.63) is 15.9 Å². The summed E-state index contributed by atoms with van der Waals surface area (Å²) in [5.41, 5.74) is 2.31. The second-order valence-corrected chi connectivity index (χ2v) is 7.00. The molecule has 0 aliphatic carbocycles. The predicted octanol–water partition coefficient (Wildman–Crippen LogP) is 2.86. The molecular formula is C14H26BrN3O. The molecule has 1 atom stereocenters. The molecule has 1 rings (SSSR count). The van der Waals surface area contributed by atoms with Crippen molar-refractivity contribution in [1.29, 1.82) is 0 Å². The van der Waals surface area contributed by atoms with Crippen molar-refractivity contribution < 1.29 is 5.11 Å². The van der Waals surface area contributed by atoms with Gasteiger partial charge in [-0.1, -0.05) is 20.8 Å². The first-order valence-electron chi connectivity index (χ1n) is 6.85. The summed E-state index contributed by atoms with van der Waals surface area (Å²) >= 11 is 3.57. The molecule has 0 spiro atoms. The van der Waals surface area contributed by atoms with Crippen molar-refractivity contribution in [2.45, 2.75) is 60.2 Å². The first-order valence-corrected chi connectivity index (χ1v) is 7.64. The van der Waals surface area contributed by atoms with Crippen LogP contribution in [0.5, 0.6) is 0 Å². The lowest BCUT2D eigenvalue weighted by Gasteiger charge is -2.22. The molecule has 0 radical (unpaired) electrons. The fourth-order valence-corrected chi connectivity index (χ4v) is 2.60. The summed E-state index contributed by atoms with van der Waals surface area (Å²) in [5.74, 6) is 0. The van der Waals surface area contributed by atoms with E-state index in [-0.39, 0.29) is 11.5 Å². The Balaban J connectivity index is 2.49. The van der Waals surface area contributed by atoms with Crippen LogP contribution in [0.1, 0.15) is 45.5 Å². The number of aliphatic hydroxyl groups is 1. The van der Waals surface area contributed by atoms with E-state index in [0.29, 0.717) is 6.54 Å². The minimum atomic E-state index is -0.308. The van der Waals surface area contributed by atoms with Gasteiger partial charge in [-0.25, -0.2) is 0 Å². The largest absolute Gasteiger partial charge is 0.392 e. The molecule has 0 saturated carbocycles. The molecular weight excluding hydrogens is 306 g/mol. The molecule has 0 aliphatic heterocycles. The van der Waals surface area contributed by atoms with Crippen LogP contribution in [0.15, 0.2) is 4.47 Å². The van der Waals surface area contributed by atoms with Crippen LogP contribution in [0, 0.1) is 12.3 Å². The molecule has 0 amide bonds. The van der Waals surface area contributed by atoms with Gasteiger partial charge in [0.1, 0.15) is 0 Å². The topological polar surface area (TPSA) is 50.1 Å². The van der Waals surface area contributed by atoms with E-state index in [4.69, 9.17) is 0 Å². The zero-order chi connectivity index (χ0) is 14.6. The molecule has 1 aromatic heterocycles. The Bertz CT molecular complexity index is 410. The number of rotatable bonds is 6. The van der Waals surface area contributed by atoms with Gasteiger partial charge in [-0.2, -0.15) is 5.10 Å². The van der Waals surface area contributed by atoms with E-state index in [0.717, 1.165) is 35.4 Å². The number of aliphatic hydroxyl groups excluding tert-OH is 1. The Hall–Kier alpha value is -0.390. The van der Waals surface area contributed by atoms with Gasteiger partial charge in [0.2, 0.25) is 0 Å². The maximum Gasteiger partial charge on any atom is 0.0739 e. The number of nitrogens with one attached hydrogen (secondary N) is 1. The number of aromatic nitrogens is 2. The van der Waals surface area contributed by atoms with Crippen LogP contribution < -0.4 is 5.32 Å². The van der Waals surface area contributed by atoms with Crippen LogP contribution >= 0.6 is 15.9 Å². The Kier molecular flexibility index (Phi) is 6.02. The highest BCUT2D eigenvalue weighted by Gasteiger charge is 2.17. The molecule has 1 unspecified atom stereocenters. The van der Waals surface area contributed by atoms with E-state index < -0.39 is 0 Å². The van der Waals surface area contributed by atoms with E-state index in [1.807, 2.05) is 11.6 Å². The maximum atomic E-state index is 9.97. The van der Waals surface area contributed by atoms with Gasteiger partial charge in [-0.3, -0.25) is 4.68 Å². The van der Waals surface area contributed by atoms with E-state index in [1.54, 1.807) is 0 Å². The molecule has 2 N–H and O–H groups in total. The minimum absolute atomic E-state index is 0.156. The third-order valence-electron chi connectivity index (χ3n) is 2.97. The lowest BCUT2D eigenvalue weighted by atomic mass is 9.89. The Morgan fingerprint density at radius 3 is 2.58 bits per heavy atom. The first-order chi connectivity index (χ1) is 8.74. The molecule has 1 aromatic rings. The van der Waals surface area contributed by atoms with Crippen LogP contribution in [0.3, 0.4) is 0 Å². The summed E-state index contributed by atoms with van der Waals surface area (Å²) in [6.45, 7) is 12.7. The van der Waals surface area contributed by atoms with Gasteiger partial charge in [-0.15, -0.1) is 0 Å². The fourth-order valence-electron chi connectivity index (χ4n) is 2.17. The van der Waals surface area contributed by atoms with Gasteiger partial charge in [0, 0.05) is 19.6 Å². The number of nitrogens with zero attached hydrogens (tertiary/aromatic N) is 2. The van der Waals surface area contributed by atoms with Crippen molar-refractivity contribution >= 4 is 15.9 Å². The standard InChI is InChI=1S/C14H26BrN3O/c1-6-18-12(13(15)10(2)17-18)9-16-8-11(19)7-14(3,4)5/h11,16,19H,6-9H2,1-5H3. The summed E-state index contributed by atoms with van der Waals surface area (Å²) in [6, 6.07) is 0. The zero-order valence-electron chi connectivity index (χ0n) is 12.6. The highest BCUT2D eigenvalue weighted by Crippen LogP contribution is 2.22. The second kappa shape index (κ2) is 6.86. The molecule has 0 fully saturated rings. The molecule has 0 aliphatic rings. The summed E-state index contributed by atoms with van der Waals surface area (Å²) in [4.78, 5) is 0. The summed E-state index contributed by atoms with van der Waals surface area (Å²) < 4.78 is 3.05. The monoisotopic (exact) mass is 331 g/mol. The van der Waals surface area contributed by atoms with Gasteiger partial charge in [0.05, 0.1) is 22.0 Å².